The standard InChI is InChI=1S/C13H9N3O3/c1-2-18-11(17)13(8-16)10(9-4-3-5-19-9)12(13,6-14)7-15/h3-5,10H,2H2,1H3. The molecule has 6 heteroatoms. The lowest BCUT2D eigenvalue weighted by atomic mass is 9.97. The third kappa shape index (κ3) is 1.30. The van der Waals surface area contributed by atoms with Gasteiger partial charge in [-0.15, -0.1) is 0 Å². The zero-order valence-electron chi connectivity index (χ0n) is 10.1. The fourth-order valence-electron chi connectivity index (χ4n) is 2.41. The summed E-state index contributed by atoms with van der Waals surface area (Å²) >= 11 is 0. The lowest BCUT2D eigenvalue weighted by molar-refractivity contribution is -0.148. The quantitative estimate of drug-likeness (QED) is 0.756. The number of nitriles is 3. The number of hydrogen-bond acceptors (Lipinski definition) is 6. The SMILES string of the molecule is CCOC(=O)C1(C#N)C(c2ccco2)C1(C#N)C#N. The summed E-state index contributed by atoms with van der Waals surface area (Å²) in [7, 11) is 0. The van der Waals surface area contributed by atoms with Crippen LogP contribution in [0, 0.1) is 44.8 Å². The number of furan rings is 1. The number of carbonyl (C=O) groups is 1. The van der Waals surface area contributed by atoms with Crippen LogP contribution in [0.5, 0.6) is 0 Å². The van der Waals surface area contributed by atoms with Gasteiger partial charge in [-0.05, 0) is 19.1 Å². The molecule has 2 atom stereocenters. The van der Waals surface area contributed by atoms with Crippen LogP contribution in [0.2, 0.25) is 0 Å². The van der Waals surface area contributed by atoms with Gasteiger partial charge < -0.3 is 9.15 Å². The van der Waals surface area contributed by atoms with E-state index < -0.39 is 22.7 Å². The molecular weight excluding hydrogens is 246 g/mol. The van der Waals surface area contributed by atoms with Gasteiger partial charge in [0.15, 0.2) is 10.8 Å². The Balaban J connectivity index is 2.56. The maximum atomic E-state index is 12.0. The van der Waals surface area contributed by atoms with E-state index in [2.05, 4.69) is 0 Å². The van der Waals surface area contributed by atoms with Crippen LogP contribution in [-0.4, -0.2) is 12.6 Å². The molecule has 0 amide bonds. The van der Waals surface area contributed by atoms with E-state index in [1.54, 1.807) is 31.2 Å². The summed E-state index contributed by atoms with van der Waals surface area (Å²) in [4.78, 5) is 12.0. The summed E-state index contributed by atoms with van der Waals surface area (Å²) in [6.07, 6.45) is 1.36. The largest absolute Gasteiger partial charge is 0.469 e. The van der Waals surface area contributed by atoms with Crippen LogP contribution in [0.4, 0.5) is 0 Å². The molecule has 6 nitrogen and oxygen atoms in total. The van der Waals surface area contributed by atoms with E-state index in [0.29, 0.717) is 0 Å². The predicted molar refractivity (Wildman–Crippen MR) is 59.8 cm³/mol. The minimum absolute atomic E-state index is 0.0695. The topological polar surface area (TPSA) is 111 Å². The van der Waals surface area contributed by atoms with Gasteiger partial charge in [-0.1, -0.05) is 0 Å². The maximum Gasteiger partial charge on any atom is 0.330 e. The molecule has 2 rings (SSSR count). The molecule has 0 bridgehead atoms. The van der Waals surface area contributed by atoms with Crippen LogP contribution in [0.3, 0.4) is 0 Å². The van der Waals surface area contributed by atoms with Crippen LogP contribution in [-0.2, 0) is 9.53 Å². The Labute approximate surface area is 109 Å². The Morgan fingerprint density at radius 1 is 1.42 bits per heavy atom. The minimum Gasteiger partial charge on any atom is -0.469 e. The van der Waals surface area contributed by atoms with E-state index in [4.69, 9.17) is 9.15 Å². The molecular formula is C13H9N3O3. The zero-order valence-corrected chi connectivity index (χ0v) is 10.1. The van der Waals surface area contributed by atoms with E-state index in [-0.39, 0.29) is 12.4 Å². The van der Waals surface area contributed by atoms with Crippen molar-refractivity contribution < 1.29 is 13.9 Å². The monoisotopic (exact) mass is 255 g/mol. The summed E-state index contributed by atoms with van der Waals surface area (Å²) < 4.78 is 9.98. The number of esters is 1. The summed E-state index contributed by atoms with van der Waals surface area (Å²) in [5.74, 6) is -1.52. The molecule has 0 spiro atoms. The highest BCUT2D eigenvalue weighted by Crippen LogP contribution is 2.74. The van der Waals surface area contributed by atoms with E-state index in [0.717, 1.165) is 0 Å². The van der Waals surface area contributed by atoms with Crippen molar-refractivity contribution in [2.24, 2.45) is 10.8 Å². The summed E-state index contributed by atoms with van der Waals surface area (Å²) in [5, 5.41) is 27.8. The lowest BCUT2D eigenvalue weighted by Crippen LogP contribution is -2.24. The molecule has 0 aromatic carbocycles. The maximum absolute atomic E-state index is 12.0. The molecule has 0 aliphatic heterocycles. The average molecular weight is 255 g/mol. The second-order valence-corrected chi connectivity index (χ2v) is 4.12. The molecule has 0 saturated heterocycles. The molecule has 1 aliphatic carbocycles. The first kappa shape index (κ1) is 12.7. The molecule has 1 aliphatic rings. The van der Waals surface area contributed by atoms with Crippen LogP contribution >= 0.6 is 0 Å². The van der Waals surface area contributed by atoms with Crippen LogP contribution in [0.25, 0.3) is 0 Å². The average Bonchev–Trinajstić information content (AvgIpc) is 2.73. The Hall–Kier alpha value is -2.78. The number of nitrogens with zero attached hydrogens (tertiary/aromatic N) is 3. The predicted octanol–water partition coefficient (Wildman–Crippen LogP) is 1.48. The fourth-order valence-corrected chi connectivity index (χ4v) is 2.41. The van der Waals surface area contributed by atoms with E-state index in [9.17, 15) is 20.6 Å². The Morgan fingerprint density at radius 3 is 2.53 bits per heavy atom. The van der Waals surface area contributed by atoms with Crippen LogP contribution < -0.4 is 0 Å². The fraction of sp³-hybridized carbons (Fsp3) is 0.385. The summed E-state index contributed by atoms with van der Waals surface area (Å²) in [6, 6.07) is 8.45. The first-order valence-electron chi connectivity index (χ1n) is 5.59. The Bertz CT molecular complexity index is 616. The molecule has 0 radical (unpaired) electrons. The van der Waals surface area contributed by atoms with E-state index >= 15 is 0 Å². The molecule has 2 unspecified atom stereocenters. The molecule has 1 saturated carbocycles. The molecule has 19 heavy (non-hydrogen) atoms. The molecule has 1 aromatic heterocycles. The second-order valence-electron chi connectivity index (χ2n) is 4.12. The minimum atomic E-state index is -1.82. The van der Waals surface area contributed by atoms with Crippen molar-refractivity contribution in [1.82, 2.24) is 0 Å². The highest BCUT2D eigenvalue weighted by molar-refractivity contribution is 5.91. The summed E-state index contributed by atoms with van der Waals surface area (Å²) in [6.45, 7) is 1.66. The van der Waals surface area contributed by atoms with Gasteiger partial charge in [0.1, 0.15) is 5.76 Å². The first-order chi connectivity index (χ1) is 9.14. The van der Waals surface area contributed by atoms with Crippen molar-refractivity contribution in [2.75, 3.05) is 6.61 Å². The molecule has 1 fully saturated rings. The zero-order chi connectivity index (χ0) is 14.1. The Morgan fingerprint density at radius 2 is 2.11 bits per heavy atom. The molecule has 1 heterocycles. The highest BCUT2D eigenvalue weighted by Gasteiger charge is 2.87. The van der Waals surface area contributed by atoms with Gasteiger partial charge in [0.05, 0.1) is 37.0 Å². The van der Waals surface area contributed by atoms with Crippen molar-refractivity contribution in [3.8, 4) is 18.2 Å². The Kier molecular flexibility index (Phi) is 2.77. The second kappa shape index (κ2) is 4.15. The van der Waals surface area contributed by atoms with Crippen molar-refractivity contribution in [2.45, 2.75) is 12.8 Å². The van der Waals surface area contributed by atoms with Crippen molar-refractivity contribution in [3.63, 3.8) is 0 Å². The molecule has 1 aromatic rings. The smallest absolute Gasteiger partial charge is 0.330 e. The highest BCUT2D eigenvalue weighted by atomic mass is 16.5. The van der Waals surface area contributed by atoms with E-state index in [1.165, 1.54) is 12.3 Å². The van der Waals surface area contributed by atoms with Crippen LogP contribution in [0.15, 0.2) is 22.8 Å². The van der Waals surface area contributed by atoms with Gasteiger partial charge in [0.25, 0.3) is 0 Å². The molecule has 94 valence electrons. The third-order valence-corrected chi connectivity index (χ3v) is 3.36. The third-order valence-electron chi connectivity index (χ3n) is 3.36. The van der Waals surface area contributed by atoms with Gasteiger partial charge >= 0.3 is 5.97 Å². The first-order valence-corrected chi connectivity index (χ1v) is 5.59. The van der Waals surface area contributed by atoms with Crippen molar-refractivity contribution in [1.29, 1.82) is 15.8 Å². The van der Waals surface area contributed by atoms with E-state index in [1.807, 2.05) is 0 Å². The van der Waals surface area contributed by atoms with Crippen molar-refractivity contribution >= 4 is 5.97 Å². The normalized spacial score (nSPS) is 26.5. The van der Waals surface area contributed by atoms with Gasteiger partial charge in [0.2, 0.25) is 0 Å². The van der Waals surface area contributed by atoms with Gasteiger partial charge in [0, 0.05) is 0 Å². The lowest BCUT2D eigenvalue weighted by Gasteiger charge is -2.07. The summed E-state index contributed by atoms with van der Waals surface area (Å²) in [5.41, 5.74) is -3.57. The van der Waals surface area contributed by atoms with Crippen LogP contribution in [0.1, 0.15) is 18.6 Å². The molecule has 0 N–H and O–H groups in total. The van der Waals surface area contributed by atoms with Gasteiger partial charge in [-0.25, -0.2) is 0 Å². The number of rotatable bonds is 3. The number of ether oxygens (including phenoxy) is 1. The van der Waals surface area contributed by atoms with Crippen molar-refractivity contribution in [3.05, 3.63) is 24.2 Å². The number of hydrogen-bond donors (Lipinski definition) is 0. The number of carbonyl (C=O) groups excluding carboxylic acids is 1. The van der Waals surface area contributed by atoms with Gasteiger partial charge in [-0.2, -0.15) is 15.8 Å². The van der Waals surface area contributed by atoms with Gasteiger partial charge in [-0.3, -0.25) is 4.79 Å².